The molecule has 3 rings (SSSR count). The molecule has 3 saturated heterocycles. The summed E-state index contributed by atoms with van der Waals surface area (Å²) in [6.45, 7) is 4.25. The highest BCUT2D eigenvalue weighted by atomic mass is 32.2. The van der Waals surface area contributed by atoms with Crippen molar-refractivity contribution in [1.29, 1.82) is 0 Å². The summed E-state index contributed by atoms with van der Waals surface area (Å²) in [7, 11) is 0. The first kappa shape index (κ1) is 15.1. The second kappa shape index (κ2) is 6.98. The lowest BCUT2D eigenvalue weighted by Crippen LogP contribution is -2.42. The highest BCUT2D eigenvalue weighted by molar-refractivity contribution is 8.13. The Morgan fingerprint density at radius 1 is 1.19 bits per heavy atom. The molecule has 0 radical (unpaired) electrons. The molecule has 2 amide bonds. The van der Waals surface area contributed by atoms with Crippen LogP contribution in [0.4, 0.5) is 4.79 Å². The van der Waals surface area contributed by atoms with Crippen LogP contribution in [-0.4, -0.2) is 72.4 Å². The topological polar surface area (TPSA) is 59.1 Å². The molecule has 0 saturated carbocycles. The summed E-state index contributed by atoms with van der Waals surface area (Å²) in [5.41, 5.74) is 0. The van der Waals surface area contributed by atoms with Crippen molar-refractivity contribution in [3.63, 3.8) is 0 Å². The van der Waals surface area contributed by atoms with Crippen molar-refractivity contribution in [2.45, 2.75) is 25.6 Å². The fourth-order valence-electron chi connectivity index (χ4n) is 3.09. The third-order valence-electron chi connectivity index (χ3n) is 4.37. The third kappa shape index (κ3) is 3.70. The van der Waals surface area contributed by atoms with Gasteiger partial charge in [0, 0.05) is 44.3 Å². The van der Waals surface area contributed by atoms with Crippen LogP contribution in [0.3, 0.4) is 0 Å². The quantitative estimate of drug-likeness (QED) is 0.779. The number of carbonyl (C=O) groups excluding carboxylic acids is 2. The second-order valence-corrected chi connectivity index (χ2v) is 6.73. The molecule has 0 N–H and O–H groups in total. The molecule has 0 bridgehead atoms. The lowest BCUT2D eigenvalue weighted by molar-refractivity contribution is -0.137. The SMILES string of the molecule is O=C(CCN1CCSC1=O)N1CCC(C2OCCO2)CC1. The van der Waals surface area contributed by atoms with Gasteiger partial charge in [-0.2, -0.15) is 0 Å². The maximum Gasteiger partial charge on any atom is 0.281 e. The van der Waals surface area contributed by atoms with E-state index >= 15 is 0 Å². The number of rotatable bonds is 4. The Morgan fingerprint density at radius 2 is 1.90 bits per heavy atom. The molecule has 0 atom stereocenters. The van der Waals surface area contributed by atoms with Gasteiger partial charge >= 0.3 is 0 Å². The number of hydrogen-bond acceptors (Lipinski definition) is 5. The number of thioether (sulfide) groups is 1. The molecule has 6 nitrogen and oxygen atoms in total. The third-order valence-corrected chi connectivity index (χ3v) is 5.26. The summed E-state index contributed by atoms with van der Waals surface area (Å²) in [5.74, 6) is 1.42. The fraction of sp³-hybridized carbons (Fsp3) is 0.857. The molecule has 0 aromatic carbocycles. The van der Waals surface area contributed by atoms with Crippen LogP contribution in [0.1, 0.15) is 19.3 Å². The van der Waals surface area contributed by atoms with Gasteiger partial charge in [0.15, 0.2) is 6.29 Å². The minimum absolute atomic E-state index is 0.0681. The van der Waals surface area contributed by atoms with Gasteiger partial charge in [-0.3, -0.25) is 9.59 Å². The molecule has 0 aliphatic carbocycles. The zero-order valence-electron chi connectivity index (χ0n) is 12.2. The molecule has 0 aromatic heterocycles. The molecule has 0 unspecified atom stereocenters. The molecule has 3 aliphatic heterocycles. The van der Waals surface area contributed by atoms with E-state index in [9.17, 15) is 9.59 Å². The lowest BCUT2D eigenvalue weighted by atomic mass is 9.96. The molecular weight excluding hydrogens is 292 g/mol. The number of carbonyl (C=O) groups is 2. The summed E-state index contributed by atoms with van der Waals surface area (Å²) in [6, 6.07) is 0. The zero-order chi connectivity index (χ0) is 14.7. The maximum absolute atomic E-state index is 12.2. The summed E-state index contributed by atoms with van der Waals surface area (Å²) in [5, 5.41) is 0.108. The predicted octanol–water partition coefficient (Wildman–Crippen LogP) is 1.16. The average molecular weight is 314 g/mol. The van der Waals surface area contributed by atoms with Crippen molar-refractivity contribution in [2.24, 2.45) is 5.92 Å². The number of likely N-dealkylation sites (tertiary alicyclic amines) is 1. The van der Waals surface area contributed by atoms with Gasteiger partial charge in [0.1, 0.15) is 0 Å². The van der Waals surface area contributed by atoms with Crippen LogP contribution < -0.4 is 0 Å². The van der Waals surface area contributed by atoms with E-state index in [0.29, 0.717) is 32.1 Å². The van der Waals surface area contributed by atoms with Crippen LogP contribution in [0.15, 0.2) is 0 Å². The highest BCUT2D eigenvalue weighted by Crippen LogP contribution is 2.26. The van der Waals surface area contributed by atoms with Crippen molar-refractivity contribution in [2.75, 3.05) is 45.1 Å². The van der Waals surface area contributed by atoms with Gasteiger partial charge < -0.3 is 19.3 Å². The van der Waals surface area contributed by atoms with Crippen molar-refractivity contribution in [3.05, 3.63) is 0 Å². The fourth-order valence-corrected chi connectivity index (χ4v) is 3.94. The largest absolute Gasteiger partial charge is 0.350 e. The normalized spacial score (nSPS) is 25.0. The van der Waals surface area contributed by atoms with Crippen molar-refractivity contribution < 1.29 is 19.1 Å². The van der Waals surface area contributed by atoms with E-state index in [1.54, 1.807) is 4.90 Å². The Labute approximate surface area is 129 Å². The summed E-state index contributed by atoms with van der Waals surface area (Å²) >= 11 is 1.34. The molecule has 3 aliphatic rings. The predicted molar refractivity (Wildman–Crippen MR) is 79.0 cm³/mol. The van der Waals surface area contributed by atoms with Crippen LogP contribution in [0.5, 0.6) is 0 Å². The molecule has 118 valence electrons. The van der Waals surface area contributed by atoms with Crippen LogP contribution in [0.25, 0.3) is 0 Å². The van der Waals surface area contributed by atoms with Gasteiger partial charge in [0.2, 0.25) is 5.91 Å². The zero-order valence-corrected chi connectivity index (χ0v) is 13.0. The Kier molecular flexibility index (Phi) is 5.03. The van der Waals surface area contributed by atoms with Crippen LogP contribution in [0, 0.1) is 5.92 Å². The molecule has 0 spiro atoms. The van der Waals surface area contributed by atoms with E-state index in [4.69, 9.17) is 9.47 Å². The number of hydrogen-bond donors (Lipinski definition) is 0. The van der Waals surface area contributed by atoms with Crippen LogP contribution in [0.2, 0.25) is 0 Å². The Hall–Kier alpha value is -0.790. The maximum atomic E-state index is 12.2. The number of amides is 2. The summed E-state index contributed by atoms with van der Waals surface area (Å²) in [6.07, 6.45) is 2.25. The lowest BCUT2D eigenvalue weighted by Gasteiger charge is -2.34. The monoisotopic (exact) mass is 314 g/mol. The Balaban J connectivity index is 1.39. The van der Waals surface area contributed by atoms with Gasteiger partial charge in [-0.15, -0.1) is 0 Å². The van der Waals surface area contributed by atoms with Crippen molar-refractivity contribution in [1.82, 2.24) is 9.80 Å². The summed E-state index contributed by atoms with van der Waals surface area (Å²) < 4.78 is 11.1. The first-order valence-electron chi connectivity index (χ1n) is 7.67. The average Bonchev–Trinajstić information content (AvgIpc) is 3.17. The number of nitrogens with zero attached hydrogens (tertiary/aromatic N) is 2. The summed E-state index contributed by atoms with van der Waals surface area (Å²) in [4.78, 5) is 27.4. The second-order valence-electron chi connectivity index (χ2n) is 5.68. The van der Waals surface area contributed by atoms with Gasteiger partial charge in [-0.05, 0) is 12.8 Å². The Morgan fingerprint density at radius 3 is 2.52 bits per heavy atom. The van der Waals surface area contributed by atoms with E-state index in [1.807, 2.05) is 4.90 Å². The first-order chi connectivity index (χ1) is 10.2. The number of ether oxygens (including phenoxy) is 2. The van der Waals surface area contributed by atoms with Gasteiger partial charge in [-0.25, -0.2) is 0 Å². The molecule has 21 heavy (non-hydrogen) atoms. The van der Waals surface area contributed by atoms with Crippen LogP contribution in [-0.2, 0) is 14.3 Å². The first-order valence-corrected chi connectivity index (χ1v) is 8.65. The van der Waals surface area contributed by atoms with E-state index in [0.717, 1.165) is 38.2 Å². The molecule has 7 heteroatoms. The van der Waals surface area contributed by atoms with Crippen LogP contribution >= 0.6 is 11.8 Å². The molecule has 0 aromatic rings. The molecule has 3 fully saturated rings. The highest BCUT2D eigenvalue weighted by Gasteiger charge is 2.32. The number of piperidine rings is 1. The van der Waals surface area contributed by atoms with E-state index in [2.05, 4.69) is 0 Å². The van der Waals surface area contributed by atoms with Crippen molar-refractivity contribution in [3.8, 4) is 0 Å². The minimum Gasteiger partial charge on any atom is -0.350 e. The smallest absolute Gasteiger partial charge is 0.281 e. The van der Waals surface area contributed by atoms with Gasteiger partial charge in [0.05, 0.1) is 13.2 Å². The van der Waals surface area contributed by atoms with Gasteiger partial charge in [-0.1, -0.05) is 11.8 Å². The molecular formula is C14H22N2O4S. The minimum atomic E-state index is -0.0681. The van der Waals surface area contributed by atoms with Crippen molar-refractivity contribution >= 4 is 22.9 Å². The van der Waals surface area contributed by atoms with E-state index in [-0.39, 0.29) is 17.4 Å². The van der Waals surface area contributed by atoms with E-state index in [1.165, 1.54) is 11.8 Å². The Bertz CT molecular complexity index is 392. The standard InChI is InChI=1S/C14H22N2O4S/c17-12(3-6-16-7-10-21-14(16)18)15-4-1-11(2-5-15)13-19-8-9-20-13/h11,13H,1-10H2. The van der Waals surface area contributed by atoms with E-state index < -0.39 is 0 Å². The molecule has 3 heterocycles. The van der Waals surface area contributed by atoms with Gasteiger partial charge in [0.25, 0.3) is 5.24 Å².